The smallest absolute Gasteiger partial charge is 0.233 e. The van der Waals surface area contributed by atoms with Crippen molar-refractivity contribution in [2.45, 2.75) is 37.3 Å². The Kier molecular flexibility index (Phi) is 6.52. The van der Waals surface area contributed by atoms with Gasteiger partial charge in [0.2, 0.25) is 5.91 Å². The van der Waals surface area contributed by atoms with Crippen LogP contribution in [-0.4, -0.2) is 17.7 Å². The number of halogens is 1. The maximum absolute atomic E-state index is 11.9. The maximum atomic E-state index is 11.9. The summed E-state index contributed by atoms with van der Waals surface area (Å²) in [5, 5.41) is 3.35. The standard InChI is InChI=1S/C14H21ClN2OS/c1-9(2)6-7-17-14(18)10(3)19-13-5-4-11(16)8-12(13)15/h4-5,8-10H,6-7,16H2,1-3H3,(H,17,18). The highest BCUT2D eigenvalue weighted by atomic mass is 35.5. The van der Waals surface area contributed by atoms with Crippen molar-refractivity contribution < 1.29 is 4.79 Å². The molecule has 1 aromatic rings. The molecule has 1 aromatic carbocycles. The van der Waals surface area contributed by atoms with Crippen LogP contribution in [0.25, 0.3) is 0 Å². The summed E-state index contributed by atoms with van der Waals surface area (Å²) in [5.41, 5.74) is 6.27. The van der Waals surface area contributed by atoms with Crippen LogP contribution in [0.1, 0.15) is 27.2 Å². The molecule has 0 spiro atoms. The van der Waals surface area contributed by atoms with E-state index < -0.39 is 0 Å². The molecule has 19 heavy (non-hydrogen) atoms. The second-order valence-corrected chi connectivity index (χ2v) is 6.71. The first-order valence-electron chi connectivity index (χ1n) is 6.39. The predicted octanol–water partition coefficient (Wildman–Crippen LogP) is 3.57. The molecule has 0 fully saturated rings. The second kappa shape index (κ2) is 7.65. The van der Waals surface area contributed by atoms with Gasteiger partial charge >= 0.3 is 0 Å². The molecule has 106 valence electrons. The number of nitrogen functional groups attached to an aromatic ring is 1. The first-order valence-corrected chi connectivity index (χ1v) is 7.65. The van der Waals surface area contributed by atoms with Crippen LogP contribution in [0, 0.1) is 5.92 Å². The summed E-state index contributed by atoms with van der Waals surface area (Å²) in [6, 6.07) is 5.34. The molecule has 1 amide bonds. The van der Waals surface area contributed by atoms with Gasteiger partial charge in [-0.2, -0.15) is 0 Å². The molecule has 1 atom stereocenters. The quantitative estimate of drug-likeness (QED) is 0.624. The van der Waals surface area contributed by atoms with E-state index in [4.69, 9.17) is 17.3 Å². The van der Waals surface area contributed by atoms with Gasteiger partial charge in [-0.25, -0.2) is 0 Å². The van der Waals surface area contributed by atoms with Crippen molar-refractivity contribution in [1.82, 2.24) is 5.32 Å². The Balaban J connectivity index is 2.49. The van der Waals surface area contributed by atoms with Crippen LogP contribution >= 0.6 is 23.4 Å². The summed E-state index contributed by atoms with van der Waals surface area (Å²) in [5.74, 6) is 0.633. The van der Waals surface area contributed by atoms with E-state index in [9.17, 15) is 4.79 Å². The molecule has 5 heteroatoms. The van der Waals surface area contributed by atoms with Crippen LogP contribution in [0.5, 0.6) is 0 Å². The topological polar surface area (TPSA) is 55.1 Å². The van der Waals surface area contributed by atoms with Gasteiger partial charge in [0.15, 0.2) is 0 Å². The summed E-state index contributed by atoms with van der Waals surface area (Å²) in [6.07, 6.45) is 0.992. The molecule has 0 aliphatic heterocycles. The van der Waals surface area contributed by atoms with Crippen LogP contribution in [0.15, 0.2) is 23.1 Å². The van der Waals surface area contributed by atoms with Gasteiger partial charge in [0.1, 0.15) is 0 Å². The molecule has 0 aliphatic rings. The number of hydrogen-bond donors (Lipinski definition) is 2. The highest BCUT2D eigenvalue weighted by Crippen LogP contribution is 2.31. The SMILES string of the molecule is CC(C)CCNC(=O)C(C)Sc1ccc(N)cc1Cl. The molecule has 0 saturated carbocycles. The van der Waals surface area contributed by atoms with Gasteiger partial charge in [0.05, 0.1) is 10.3 Å². The minimum absolute atomic E-state index is 0.0403. The second-order valence-electron chi connectivity index (χ2n) is 4.92. The number of nitrogens with two attached hydrogens (primary N) is 1. The van der Waals surface area contributed by atoms with E-state index in [0.29, 0.717) is 16.6 Å². The molecule has 0 aliphatic carbocycles. The summed E-state index contributed by atoms with van der Waals surface area (Å²) in [7, 11) is 0. The predicted molar refractivity (Wildman–Crippen MR) is 83.6 cm³/mol. The van der Waals surface area contributed by atoms with Crippen LogP contribution in [-0.2, 0) is 4.79 Å². The third kappa shape index (κ3) is 5.74. The Morgan fingerprint density at radius 2 is 2.11 bits per heavy atom. The zero-order chi connectivity index (χ0) is 14.4. The van der Waals surface area contributed by atoms with Crippen molar-refractivity contribution in [3.05, 3.63) is 23.2 Å². The van der Waals surface area contributed by atoms with Gasteiger partial charge in [-0.1, -0.05) is 25.4 Å². The number of hydrogen-bond acceptors (Lipinski definition) is 3. The molecular formula is C14H21ClN2OS. The number of amides is 1. The lowest BCUT2D eigenvalue weighted by Gasteiger charge is -2.13. The van der Waals surface area contributed by atoms with Gasteiger partial charge in [-0.15, -0.1) is 11.8 Å². The number of carbonyl (C=O) groups is 1. The number of anilines is 1. The molecule has 0 radical (unpaired) electrons. The summed E-state index contributed by atoms with van der Waals surface area (Å²) < 4.78 is 0. The Morgan fingerprint density at radius 3 is 2.68 bits per heavy atom. The van der Waals surface area contributed by atoms with Gasteiger partial charge in [0.25, 0.3) is 0 Å². The Labute approximate surface area is 124 Å². The highest BCUT2D eigenvalue weighted by Gasteiger charge is 2.15. The molecule has 0 saturated heterocycles. The lowest BCUT2D eigenvalue weighted by molar-refractivity contribution is -0.120. The molecule has 0 bridgehead atoms. The lowest BCUT2D eigenvalue weighted by atomic mass is 10.1. The van der Waals surface area contributed by atoms with Crippen LogP contribution in [0.4, 0.5) is 5.69 Å². The average molecular weight is 301 g/mol. The van der Waals surface area contributed by atoms with Crippen molar-refractivity contribution in [1.29, 1.82) is 0 Å². The van der Waals surface area contributed by atoms with Gasteiger partial charge in [-0.05, 0) is 37.5 Å². The Morgan fingerprint density at radius 1 is 1.42 bits per heavy atom. The number of nitrogens with one attached hydrogen (secondary N) is 1. The summed E-state index contributed by atoms with van der Waals surface area (Å²) >= 11 is 7.54. The van der Waals surface area contributed by atoms with Crippen molar-refractivity contribution in [2.75, 3.05) is 12.3 Å². The fraction of sp³-hybridized carbons (Fsp3) is 0.500. The van der Waals surface area contributed by atoms with E-state index in [0.717, 1.165) is 17.9 Å². The normalized spacial score (nSPS) is 12.5. The fourth-order valence-corrected chi connectivity index (χ4v) is 2.70. The van der Waals surface area contributed by atoms with E-state index in [1.54, 1.807) is 12.1 Å². The third-order valence-corrected chi connectivity index (χ3v) is 4.25. The first kappa shape index (κ1) is 16.2. The van der Waals surface area contributed by atoms with Gasteiger partial charge in [0, 0.05) is 17.1 Å². The van der Waals surface area contributed by atoms with E-state index in [-0.39, 0.29) is 11.2 Å². The zero-order valence-corrected chi connectivity index (χ0v) is 13.1. The van der Waals surface area contributed by atoms with E-state index >= 15 is 0 Å². The zero-order valence-electron chi connectivity index (χ0n) is 11.6. The van der Waals surface area contributed by atoms with Crippen LogP contribution < -0.4 is 11.1 Å². The van der Waals surface area contributed by atoms with Crippen molar-refractivity contribution >= 4 is 35.0 Å². The molecule has 3 N–H and O–H groups in total. The summed E-state index contributed by atoms with van der Waals surface area (Å²) in [4.78, 5) is 12.8. The van der Waals surface area contributed by atoms with Crippen LogP contribution in [0.3, 0.4) is 0 Å². The van der Waals surface area contributed by atoms with Crippen molar-refractivity contribution in [3.8, 4) is 0 Å². The van der Waals surface area contributed by atoms with Crippen molar-refractivity contribution in [2.24, 2.45) is 5.92 Å². The maximum Gasteiger partial charge on any atom is 0.233 e. The minimum Gasteiger partial charge on any atom is -0.399 e. The molecular weight excluding hydrogens is 280 g/mol. The molecule has 0 heterocycles. The molecule has 3 nitrogen and oxygen atoms in total. The highest BCUT2D eigenvalue weighted by molar-refractivity contribution is 8.00. The van der Waals surface area contributed by atoms with Crippen LogP contribution in [0.2, 0.25) is 5.02 Å². The third-order valence-electron chi connectivity index (χ3n) is 2.65. The first-order chi connectivity index (χ1) is 8.90. The van der Waals surface area contributed by atoms with Gasteiger partial charge in [-0.3, -0.25) is 4.79 Å². The number of thioether (sulfide) groups is 1. The molecule has 1 rings (SSSR count). The number of benzene rings is 1. The van der Waals surface area contributed by atoms with Crippen molar-refractivity contribution in [3.63, 3.8) is 0 Å². The van der Waals surface area contributed by atoms with Gasteiger partial charge < -0.3 is 11.1 Å². The average Bonchev–Trinajstić information content (AvgIpc) is 2.32. The Bertz CT molecular complexity index is 437. The Hall–Kier alpha value is -0.870. The number of rotatable bonds is 6. The minimum atomic E-state index is -0.173. The molecule has 1 unspecified atom stereocenters. The van der Waals surface area contributed by atoms with E-state index in [1.807, 2.05) is 13.0 Å². The largest absolute Gasteiger partial charge is 0.399 e. The molecule has 0 aromatic heterocycles. The summed E-state index contributed by atoms with van der Waals surface area (Å²) in [6.45, 7) is 6.87. The van der Waals surface area contributed by atoms with E-state index in [2.05, 4.69) is 19.2 Å². The monoisotopic (exact) mass is 300 g/mol. The fourth-order valence-electron chi connectivity index (χ4n) is 1.48. The van der Waals surface area contributed by atoms with E-state index in [1.165, 1.54) is 11.8 Å². The number of carbonyl (C=O) groups excluding carboxylic acids is 1. The lowest BCUT2D eigenvalue weighted by Crippen LogP contribution is -2.32.